The Morgan fingerprint density at radius 2 is 1.83 bits per heavy atom. The maximum atomic E-state index is 11.6. The van der Waals surface area contributed by atoms with E-state index in [9.17, 15) is 4.79 Å². The highest BCUT2D eigenvalue weighted by Gasteiger charge is 2.34. The molecule has 2 atom stereocenters. The number of rotatable bonds is 6. The lowest BCUT2D eigenvalue weighted by atomic mass is 10.0. The molecule has 0 amide bonds. The number of hydroxylamine groups is 2. The monoisotopic (exact) mass is 322 g/mol. The van der Waals surface area contributed by atoms with Crippen LogP contribution in [-0.4, -0.2) is 17.4 Å². The minimum absolute atomic E-state index is 0.0825. The minimum atomic E-state index is -0.324. The lowest BCUT2D eigenvalue weighted by molar-refractivity contribution is -0.155. The van der Waals surface area contributed by atoms with Crippen molar-refractivity contribution in [3.8, 4) is 0 Å². The van der Waals surface area contributed by atoms with Crippen molar-refractivity contribution in [2.45, 2.75) is 26.1 Å². The van der Waals surface area contributed by atoms with Crippen LogP contribution in [0.2, 0.25) is 0 Å². The van der Waals surface area contributed by atoms with Crippen LogP contribution >= 0.6 is 0 Å². The van der Waals surface area contributed by atoms with Crippen LogP contribution in [0.15, 0.2) is 60.7 Å². The van der Waals surface area contributed by atoms with Crippen molar-refractivity contribution in [3.05, 3.63) is 77.4 Å². The molecule has 0 radical (unpaired) electrons. The van der Waals surface area contributed by atoms with Crippen LogP contribution in [0.1, 0.15) is 23.6 Å². The summed E-state index contributed by atoms with van der Waals surface area (Å²) < 4.78 is 0. The molecule has 1 aliphatic heterocycles. The summed E-state index contributed by atoms with van der Waals surface area (Å²) in [6.07, 6.45) is 3.03. The molecule has 2 aromatic rings. The van der Waals surface area contributed by atoms with Gasteiger partial charge in [-0.05, 0) is 11.1 Å². The van der Waals surface area contributed by atoms with Gasteiger partial charge in [-0.25, -0.2) is 5.06 Å². The first-order valence-corrected chi connectivity index (χ1v) is 8.16. The highest BCUT2D eigenvalue weighted by Crippen LogP contribution is 2.35. The third kappa shape index (κ3) is 3.25. The average molecular weight is 322 g/mol. The second-order valence-corrected chi connectivity index (χ2v) is 5.98. The van der Waals surface area contributed by atoms with Crippen molar-refractivity contribution >= 4 is 12.0 Å². The first kappa shape index (κ1) is 16.4. The van der Waals surface area contributed by atoms with Crippen molar-refractivity contribution in [1.82, 2.24) is 5.06 Å². The minimum Gasteiger partial charge on any atom is -0.326 e. The van der Waals surface area contributed by atoms with Crippen LogP contribution < -0.4 is 5.73 Å². The van der Waals surface area contributed by atoms with E-state index in [1.807, 2.05) is 61.5 Å². The topological polar surface area (TPSA) is 55.6 Å². The normalized spacial score (nSPS) is 20.1. The van der Waals surface area contributed by atoms with Crippen molar-refractivity contribution in [3.63, 3.8) is 0 Å². The van der Waals surface area contributed by atoms with E-state index in [0.29, 0.717) is 13.2 Å². The Kier molecular flexibility index (Phi) is 5.08. The van der Waals surface area contributed by atoms with Crippen LogP contribution in [0.5, 0.6) is 0 Å². The lowest BCUT2D eigenvalue weighted by Gasteiger charge is -2.28. The summed E-state index contributed by atoms with van der Waals surface area (Å²) >= 11 is 0. The van der Waals surface area contributed by atoms with Gasteiger partial charge in [-0.1, -0.05) is 67.6 Å². The van der Waals surface area contributed by atoms with Crippen LogP contribution in [0.3, 0.4) is 0 Å². The van der Waals surface area contributed by atoms with E-state index in [4.69, 9.17) is 10.6 Å². The van der Waals surface area contributed by atoms with E-state index in [1.165, 1.54) is 0 Å². The molecule has 0 saturated carbocycles. The van der Waals surface area contributed by atoms with Gasteiger partial charge in [-0.15, -0.1) is 0 Å². The van der Waals surface area contributed by atoms with Gasteiger partial charge in [0.1, 0.15) is 12.3 Å². The van der Waals surface area contributed by atoms with Gasteiger partial charge in [0.2, 0.25) is 0 Å². The fraction of sp³-hybridized carbons (Fsp3) is 0.250. The molecule has 124 valence electrons. The molecule has 0 aliphatic carbocycles. The van der Waals surface area contributed by atoms with Gasteiger partial charge in [0.05, 0.1) is 12.3 Å². The van der Waals surface area contributed by atoms with Gasteiger partial charge >= 0.3 is 0 Å². The number of hydrogen-bond acceptors (Lipinski definition) is 4. The fourth-order valence-corrected chi connectivity index (χ4v) is 3.01. The molecule has 2 aromatic carbocycles. The molecule has 1 heterocycles. The van der Waals surface area contributed by atoms with E-state index in [1.54, 1.807) is 5.06 Å². The van der Waals surface area contributed by atoms with Crippen molar-refractivity contribution in [2.75, 3.05) is 0 Å². The molecule has 0 saturated heterocycles. The summed E-state index contributed by atoms with van der Waals surface area (Å²) in [5.41, 5.74) is 9.91. The third-order valence-corrected chi connectivity index (χ3v) is 4.33. The van der Waals surface area contributed by atoms with Gasteiger partial charge in [-0.2, -0.15) is 0 Å². The molecule has 4 nitrogen and oxygen atoms in total. The van der Waals surface area contributed by atoms with Crippen molar-refractivity contribution in [1.29, 1.82) is 0 Å². The number of carbonyl (C=O) groups is 1. The standard InChI is InChI=1S/C20H22N2O2/c1-15-11-19(18-10-6-5-9-17(18)12-21)22(20(15)13-23)24-14-16-7-3-2-4-8-16/h2-11,13,15,20H,12,14,21H2,1H3. The summed E-state index contributed by atoms with van der Waals surface area (Å²) in [4.78, 5) is 17.6. The molecule has 0 bridgehead atoms. The van der Waals surface area contributed by atoms with E-state index in [2.05, 4.69) is 6.08 Å². The molecular formula is C20H22N2O2. The molecule has 1 aliphatic rings. The van der Waals surface area contributed by atoms with Crippen LogP contribution in [0.4, 0.5) is 0 Å². The second-order valence-electron chi connectivity index (χ2n) is 5.98. The number of hydrogen-bond donors (Lipinski definition) is 1. The Bertz CT molecular complexity index is 727. The Morgan fingerprint density at radius 1 is 1.12 bits per heavy atom. The maximum Gasteiger partial charge on any atom is 0.145 e. The molecule has 24 heavy (non-hydrogen) atoms. The van der Waals surface area contributed by atoms with Gasteiger partial charge in [0.25, 0.3) is 0 Å². The van der Waals surface area contributed by atoms with Crippen molar-refractivity contribution < 1.29 is 9.63 Å². The second kappa shape index (κ2) is 7.43. The Balaban J connectivity index is 1.88. The summed E-state index contributed by atoms with van der Waals surface area (Å²) in [5, 5.41) is 1.74. The molecule has 0 spiro atoms. The molecule has 2 unspecified atom stereocenters. The molecule has 2 N–H and O–H groups in total. The highest BCUT2D eigenvalue weighted by atomic mass is 16.7. The number of nitrogens with zero attached hydrogens (tertiary/aromatic N) is 1. The van der Waals surface area contributed by atoms with Gasteiger partial charge < -0.3 is 10.5 Å². The summed E-state index contributed by atoms with van der Waals surface area (Å²) in [7, 11) is 0. The molecule has 0 fully saturated rings. The summed E-state index contributed by atoms with van der Waals surface area (Å²) in [6, 6.07) is 17.6. The number of benzene rings is 2. The first-order valence-electron chi connectivity index (χ1n) is 8.16. The van der Waals surface area contributed by atoms with Crippen LogP contribution in [0.25, 0.3) is 5.70 Å². The Hall–Kier alpha value is -2.43. The largest absolute Gasteiger partial charge is 0.326 e. The fourth-order valence-electron chi connectivity index (χ4n) is 3.01. The van der Waals surface area contributed by atoms with Gasteiger partial charge in [0, 0.05) is 18.0 Å². The third-order valence-electron chi connectivity index (χ3n) is 4.33. The Labute approximate surface area is 142 Å². The van der Waals surface area contributed by atoms with E-state index < -0.39 is 0 Å². The molecule has 3 rings (SSSR count). The quantitative estimate of drug-likeness (QED) is 0.830. The first-order chi connectivity index (χ1) is 11.7. The molecular weight excluding hydrogens is 300 g/mol. The maximum absolute atomic E-state index is 11.6. The number of carbonyl (C=O) groups excluding carboxylic acids is 1. The Morgan fingerprint density at radius 3 is 2.54 bits per heavy atom. The number of aldehydes is 1. The smallest absolute Gasteiger partial charge is 0.145 e. The zero-order chi connectivity index (χ0) is 16.9. The summed E-state index contributed by atoms with van der Waals surface area (Å²) in [6.45, 7) is 2.89. The van der Waals surface area contributed by atoms with Crippen LogP contribution in [0, 0.1) is 5.92 Å². The molecule has 0 aromatic heterocycles. The zero-order valence-corrected chi connectivity index (χ0v) is 13.8. The SMILES string of the molecule is CC1C=C(c2ccccc2CN)N(OCc2ccccc2)C1C=O. The van der Waals surface area contributed by atoms with E-state index >= 15 is 0 Å². The van der Waals surface area contributed by atoms with Gasteiger partial charge in [-0.3, -0.25) is 4.84 Å². The molecule has 4 heteroatoms. The summed E-state index contributed by atoms with van der Waals surface area (Å²) in [5.74, 6) is 0.0825. The lowest BCUT2D eigenvalue weighted by Crippen LogP contribution is -2.34. The average Bonchev–Trinajstić information content (AvgIpc) is 2.96. The number of nitrogens with two attached hydrogens (primary N) is 1. The predicted molar refractivity (Wildman–Crippen MR) is 94.4 cm³/mol. The predicted octanol–water partition coefficient (Wildman–Crippen LogP) is 3.14. The zero-order valence-electron chi connectivity index (χ0n) is 13.8. The van der Waals surface area contributed by atoms with E-state index in [-0.39, 0.29) is 12.0 Å². The van der Waals surface area contributed by atoms with Crippen molar-refractivity contribution in [2.24, 2.45) is 11.7 Å². The van der Waals surface area contributed by atoms with Crippen LogP contribution in [-0.2, 0) is 22.8 Å². The van der Waals surface area contributed by atoms with E-state index in [0.717, 1.165) is 28.7 Å². The highest BCUT2D eigenvalue weighted by molar-refractivity contribution is 5.74. The van der Waals surface area contributed by atoms with Gasteiger partial charge in [0.15, 0.2) is 0 Å².